The fourth-order valence-electron chi connectivity index (χ4n) is 2.92. The second kappa shape index (κ2) is 14.4. The zero-order valence-corrected chi connectivity index (χ0v) is 24.9. The summed E-state index contributed by atoms with van der Waals surface area (Å²) in [6, 6.07) is 8.22. The van der Waals surface area contributed by atoms with Gasteiger partial charge < -0.3 is 23.7 Å². The van der Waals surface area contributed by atoms with Crippen LogP contribution in [0.1, 0.15) is 47.1 Å². The zero-order chi connectivity index (χ0) is 32.6. The molecule has 0 aliphatic rings. The second-order valence-electron chi connectivity index (χ2n) is 9.59. The quantitative estimate of drug-likeness (QED) is 0.175. The number of hydrogen-bond donors (Lipinski definition) is 0. The van der Waals surface area contributed by atoms with Gasteiger partial charge in [-0.15, -0.1) is 0 Å². The third kappa shape index (κ3) is 9.25. The van der Waals surface area contributed by atoms with E-state index < -0.39 is 29.8 Å². The number of allylic oxidation sites excluding steroid dienone is 1. The molecule has 10 nitrogen and oxygen atoms in total. The van der Waals surface area contributed by atoms with Crippen molar-refractivity contribution >= 4 is 35.4 Å². The molecule has 10 heteroatoms. The van der Waals surface area contributed by atoms with Gasteiger partial charge in [0.05, 0.1) is 0 Å². The standard InChI is InChI=1S/C33H32O10/c1-17(2)29(34)39-24-12-14-26(28(16-24)43-32(37)20(7)8)41-33(38)22(10)21(9)23-11-13-25(40-30(35)18(3)4)27(15-23)42-31(36)19(5)6/h11-16H,1,3,5,7H2,2,4,6,8-10H3/b22-21+. The van der Waals surface area contributed by atoms with Gasteiger partial charge >= 0.3 is 29.8 Å². The van der Waals surface area contributed by atoms with E-state index in [0.717, 1.165) is 0 Å². The minimum atomic E-state index is -0.810. The SMILES string of the molecule is C=C(C)C(=O)Oc1ccc(OC(=O)/C(C)=C(\C)c2ccc(OC(=O)C(=C)C)c(OC(=O)C(=C)C)c2)c(OC(=O)C(=C)C)c1. The molecule has 43 heavy (non-hydrogen) atoms. The van der Waals surface area contributed by atoms with Crippen LogP contribution in [0.15, 0.2) is 90.6 Å². The van der Waals surface area contributed by atoms with Gasteiger partial charge in [-0.05, 0) is 76.9 Å². The van der Waals surface area contributed by atoms with Crippen molar-refractivity contribution in [1.29, 1.82) is 0 Å². The van der Waals surface area contributed by atoms with Crippen molar-refractivity contribution in [2.24, 2.45) is 0 Å². The van der Waals surface area contributed by atoms with E-state index in [1.807, 2.05) is 0 Å². The van der Waals surface area contributed by atoms with Crippen LogP contribution in [-0.4, -0.2) is 29.8 Å². The molecule has 2 aromatic carbocycles. The summed E-state index contributed by atoms with van der Waals surface area (Å²) in [7, 11) is 0. The van der Waals surface area contributed by atoms with Gasteiger partial charge in [0.1, 0.15) is 5.75 Å². The van der Waals surface area contributed by atoms with Crippen molar-refractivity contribution in [2.45, 2.75) is 41.5 Å². The Balaban J connectivity index is 2.48. The summed E-state index contributed by atoms with van der Waals surface area (Å²) in [5, 5.41) is 0. The average molecular weight is 589 g/mol. The number of ether oxygens (including phenoxy) is 5. The van der Waals surface area contributed by atoms with E-state index in [1.165, 1.54) is 65.0 Å². The Morgan fingerprint density at radius 3 is 1.30 bits per heavy atom. The Morgan fingerprint density at radius 1 is 0.465 bits per heavy atom. The minimum Gasteiger partial charge on any atom is -0.423 e. The molecule has 0 aromatic heterocycles. The summed E-state index contributed by atoms with van der Waals surface area (Å²) in [5.41, 5.74) is 1.46. The van der Waals surface area contributed by atoms with Crippen molar-refractivity contribution < 1.29 is 47.7 Å². The lowest BCUT2D eigenvalue weighted by Gasteiger charge is -2.15. The Hall–Kier alpha value is -5.51. The van der Waals surface area contributed by atoms with Crippen molar-refractivity contribution in [3.63, 3.8) is 0 Å². The maximum atomic E-state index is 13.2. The van der Waals surface area contributed by atoms with Crippen molar-refractivity contribution in [1.82, 2.24) is 0 Å². The number of carbonyl (C=O) groups is 5. The highest BCUT2D eigenvalue weighted by Gasteiger charge is 2.21. The first kappa shape index (κ1) is 33.7. The molecule has 2 rings (SSSR count). The largest absolute Gasteiger partial charge is 0.423 e. The fraction of sp³-hybridized carbons (Fsp3) is 0.182. The predicted octanol–water partition coefficient (Wildman–Crippen LogP) is 6.01. The van der Waals surface area contributed by atoms with Crippen LogP contribution < -0.4 is 23.7 Å². The highest BCUT2D eigenvalue weighted by Crippen LogP contribution is 2.35. The molecule has 0 saturated heterocycles. The maximum absolute atomic E-state index is 13.2. The van der Waals surface area contributed by atoms with E-state index >= 15 is 0 Å². The van der Waals surface area contributed by atoms with Crippen LogP contribution >= 0.6 is 0 Å². The summed E-state index contributed by atoms with van der Waals surface area (Å²) in [5.74, 6) is -4.24. The van der Waals surface area contributed by atoms with Crippen LogP contribution in [0.5, 0.6) is 28.7 Å². The number of esters is 5. The molecule has 0 radical (unpaired) electrons. The molecule has 0 N–H and O–H groups in total. The van der Waals surface area contributed by atoms with E-state index in [1.54, 1.807) is 13.0 Å². The van der Waals surface area contributed by atoms with E-state index in [0.29, 0.717) is 11.1 Å². The van der Waals surface area contributed by atoms with Crippen LogP contribution in [0, 0.1) is 0 Å². The molecule has 0 saturated carbocycles. The summed E-state index contributed by atoms with van der Waals surface area (Å²) in [4.78, 5) is 61.7. The molecular formula is C33H32O10. The van der Waals surface area contributed by atoms with E-state index in [-0.39, 0.29) is 56.6 Å². The van der Waals surface area contributed by atoms with E-state index in [4.69, 9.17) is 23.7 Å². The Morgan fingerprint density at radius 2 is 0.837 bits per heavy atom. The predicted molar refractivity (Wildman–Crippen MR) is 159 cm³/mol. The molecule has 0 unspecified atom stereocenters. The van der Waals surface area contributed by atoms with Gasteiger partial charge in [0.15, 0.2) is 23.0 Å². The van der Waals surface area contributed by atoms with E-state index in [2.05, 4.69) is 26.3 Å². The van der Waals surface area contributed by atoms with Crippen LogP contribution in [0.4, 0.5) is 0 Å². The molecule has 0 bridgehead atoms. The Labute approximate surface area is 249 Å². The van der Waals surface area contributed by atoms with Crippen molar-refractivity contribution in [3.05, 3.63) is 96.1 Å². The fourth-order valence-corrected chi connectivity index (χ4v) is 2.92. The molecular weight excluding hydrogens is 556 g/mol. The Bertz CT molecular complexity index is 1600. The summed E-state index contributed by atoms with van der Waals surface area (Å²) in [6.07, 6.45) is 0. The van der Waals surface area contributed by atoms with Crippen LogP contribution in [0.2, 0.25) is 0 Å². The first-order valence-electron chi connectivity index (χ1n) is 12.7. The normalized spacial score (nSPS) is 10.8. The molecule has 224 valence electrons. The number of rotatable bonds is 11. The van der Waals surface area contributed by atoms with Gasteiger partial charge in [0, 0.05) is 33.9 Å². The van der Waals surface area contributed by atoms with Gasteiger partial charge in [-0.1, -0.05) is 32.4 Å². The van der Waals surface area contributed by atoms with Crippen LogP contribution in [0.3, 0.4) is 0 Å². The van der Waals surface area contributed by atoms with Gasteiger partial charge in [-0.2, -0.15) is 0 Å². The molecule has 0 aliphatic heterocycles. The zero-order valence-electron chi connectivity index (χ0n) is 24.9. The van der Waals surface area contributed by atoms with Crippen LogP contribution in [-0.2, 0) is 24.0 Å². The number of hydrogen-bond acceptors (Lipinski definition) is 10. The lowest BCUT2D eigenvalue weighted by Crippen LogP contribution is -2.15. The Kier molecular flexibility index (Phi) is 11.3. The van der Waals surface area contributed by atoms with Gasteiger partial charge in [0.25, 0.3) is 0 Å². The van der Waals surface area contributed by atoms with Crippen molar-refractivity contribution in [3.8, 4) is 28.7 Å². The smallest absolute Gasteiger partial charge is 0.339 e. The average Bonchev–Trinajstić information content (AvgIpc) is 2.93. The molecule has 2 aromatic rings. The molecule has 0 fully saturated rings. The van der Waals surface area contributed by atoms with Gasteiger partial charge in [-0.3, -0.25) is 0 Å². The van der Waals surface area contributed by atoms with E-state index in [9.17, 15) is 24.0 Å². The molecule has 0 amide bonds. The van der Waals surface area contributed by atoms with Gasteiger partial charge in [-0.25, -0.2) is 24.0 Å². The number of carbonyl (C=O) groups excluding carboxylic acids is 5. The lowest BCUT2D eigenvalue weighted by atomic mass is 10.0. The van der Waals surface area contributed by atoms with Crippen LogP contribution in [0.25, 0.3) is 5.57 Å². The summed E-state index contributed by atoms with van der Waals surface area (Å²) in [6.45, 7) is 23.1. The van der Waals surface area contributed by atoms with Gasteiger partial charge in [0.2, 0.25) is 0 Å². The molecule has 0 spiro atoms. The molecule has 0 heterocycles. The highest BCUT2D eigenvalue weighted by atomic mass is 16.6. The second-order valence-corrected chi connectivity index (χ2v) is 9.59. The maximum Gasteiger partial charge on any atom is 0.339 e. The van der Waals surface area contributed by atoms with Crippen molar-refractivity contribution in [2.75, 3.05) is 0 Å². The first-order chi connectivity index (χ1) is 20.0. The summed E-state index contributed by atoms with van der Waals surface area (Å²) < 4.78 is 26.7. The highest BCUT2D eigenvalue weighted by molar-refractivity contribution is 5.99. The topological polar surface area (TPSA) is 132 Å². The molecule has 0 aliphatic carbocycles. The third-order valence-electron chi connectivity index (χ3n) is 5.58. The monoisotopic (exact) mass is 588 g/mol. The minimum absolute atomic E-state index is 0.0186. The number of benzene rings is 2. The lowest BCUT2D eigenvalue weighted by molar-refractivity contribution is -0.132. The molecule has 0 atom stereocenters. The third-order valence-corrected chi connectivity index (χ3v) is 5.58. The first-order valence-corrected chi connectivity index (χ1v) is 12.7. The summed E-state index contributed by atoms with van der Waals surface area (Å²) >= 11 is 0.